The number of hydrogen-bond acceptors (Lipinski definition) is 7. The second-order valence-electron chi connectivity index (χ2n) is 8.80. The number of unbranched alkanes of at least 4 members (excludes halogenated alkanes) is 1. The Morgan fingerprint density at radius 2 is 1.64 bits per heavy atom. The van der Waals surface area contributed by atoms with Crippen molar-refractivity contribution < 1.29 is 13.2 Å². The van der Waals surface area contributed by atoms with Crippen LogP contribution in [0.15, 0.2) is 23.5 Å². The van der Waals surface area contributed by atoms with Gasteiger partial charge in [0.25, 0.3) is 0 Å². The molecule has 33 heavy (non-hydrogen) atoms. The Labute approximate surface area is 213 Å². The van der Waals surface area contributed by atoms with Crippen LogP contribution in [0.5, 0.6) is 0 Å². The molecule has 2 fully saturated rings. The van der Waals surface area contributed by atoms with Gasteiger partial charge in [-0.15, -0.1) is 24.8 Å². The Bertz CT molecular complexity index is 983. The van der Waals surface area contributed by atoms with Gasteiger partial charge in [-0.2, -0.15) is 0 Å². The maximum Gasteiger partial charge on any atom is 0.241 e. The number of piperazine rings is 1. The van der Waals surface area contributed by atoms with Gasteiger partial charge in [0.15, 0.2) is 0 Å². The average molecular weight is 541 g/mol. The molecule has 2 aliphatic heterocycles. The van der Waals surface area contributed by atoms with Gasteiger partial charge < -0.3 is 4.90 Å². The molecule has 3 aliphatic rings. The number of halogens is 3. The molecular weight excluding hydrogens is 509 g/mol. The summed E-state index contributed by atoms with van der Waals surface area (Å²) in [5, 5.41) is -0.168. The van der Waals surface area contributed by atoms with Crippen LogP contribution in [0, 0.1) is 5.92 Å². The molecule has 8 nitrogen and oxygen atoms in total. The van der Waals surface area contributed by atoms with Crippen molar-refractivity contribution in [2.24, 2.45) is 5.92 Å². The van der Waals surface area contributed by atoms with Gasteiger partial charge in [-0.05, 0) is 46.1 Å². The monoisotopic (exact) mass is 539 g/mol. The van der Waals surface area contributed by atoms with Gasteiger partial charge in [0, 0.05) is 32.7 Å². The van der Waals surface area contributed by atoms with Gasteiger partial charge in [-0.25, -0.2) is 17.7 Å². The van der Waals surface area contributed by atoms with Gasteiger partial charge in [0.1, 0.15) is 11.0 Å². The van der Waals surface area contributed by atoms with Crippen molar-refractivity contribution in [1.82, 2.24) is 19.2 Å². The van der Waals surface area contributed by atoms with Crippen molar-refractivity contribution in [2.45, 2.75) is 44.8 Å². The number of anilines is 1. The standard InChI is InChI=1S/C21H30ClN5O3S.2ClH/c1-15-11-17-18(12-16(15)2)31(29,30)27(21(17)28)6-4-3-5-25-7-9-26(10-8-25)20-14-23-13-19(22)24-20;;/h13-14,17-18H,3-12H2,1-2H3;2*1H. The summed E-state index contributed by atoms with van der Waals surface area (Å²) >= 11 is 5.93. The maximum absolute atomic E-state index is 12.9. The highest BCUT2D eigenvalue weighted by atomic mass is 35.5. The van der Waals surface area contributed by atoms with Gasteiger partial charge in [0.2, 0.25) is 15.9 Å². The predicted octanol–water partition coefficient (Wildman–Crippen LogP) is 3.16. The highest BCUT2D eigenvalue weighted by molar-refractivity contribution is 7.90. The van der Waals surface area contributed by atoms with Gasteiger partial charge in [-0.3, -0.25) is 14.7 Å². The number of carbonyl (C=O) groups excluding carboxylic acids is 1. The molecule has 4 rings (SSSR count). The number of hydrogen-bond donors (Lipinski definition) is 0. The van der Waals surface area contributed by atoms with Crippen LogP contribution in [0.4, 0.5) is 5.82 Å². The molecule has 2 atom stereocenters. The molecule has 0 spiro atoms. The number of rotatable bonds is 6. The molecule has 2 saturated heterocycles. The molecular formula is C21H32Cl3N5O3S. The zero-order chi connectivity index (χ0) is 22.2. The van der Waals surface area contributed by atoms with E-state index in [1.54, 1.807) is 6.20 Å². The molecule has 0 bridgehead atoms. The summed E-state index contributed by atoms with van der Waals surface area (Å²) in [5.74, 6) is 0.204. The third-order valence-corrected chi connectivity index (χ3v) is 9.26. The summed E-state index contributed by atoms with van der Waals surface area (Å²) in [5.41, 5.74) is 2.27. The summed E-state index contributed by atoms with van der Waals surface area (Å²) in [4.78, 5) is 25.7. The Morgan fingerprint density at radius 3 is 2.30 bits per heavy atom. The zero-order valence-electron chi connectivity index (χ0n) is 18.9. The van der Waals surface area contributed by atoms with E-state index in [1.165, 1.54) is 10.5 Å². The van der Waals surface area contributed by atoms with Crippen LogP contribution in [-0.2, 0) is 14.8 Å². The van der Waals surface area contributed by atoms with Crippen molar-refractivity contribution in [2.75, 3.05) is 44.2 Å². The normalized spacial score (nSPS) is 24.9. The summed E-state index contributed by atoms with van der Waals surface area (Å²) in [6.07, 6.45) is 5.87. The summed E-state index contributed by atoms with van der Waals surface area (Å²) < 4.78 is 27.0. The largest absolute Gasteiger partial charge is 0.353 e. The van der Waals surface area contributed by atoms with Crippen LogP contribution < -0.4 is 4.90 Å². The Hall–Kier alpha value is -1.13. The number of allylic oxidation sites excluding steroid dienone is 2. The zero-order valence-corrected chi connectivity index (χ0v) is 22.1. The molecule has 1 aliphatic carbocycles. The number of sulfonamides is 1. The minimum atomic E-state index is -3.53. The van der Waals surface area contributed by atoms with E-state index >= 15 is 0 Å². The Morgan fingerprint density at radius 1 is 1.00 bits per heavy atom. The molecule has 12 heteroatoms. The van der Waals surface area contributed by atoms with Crippen LogP contribution in [0.3, 0.4) is 0 Å². The van der Waals surface area contributed by atoms with Crippen LogP contribution >= 0.6 is 36.4 Å². The van der Waals surface area contributed by atoms with Crippen molar-refractivity contribution in [3.8, 4) is 0 Å². The minimum Gasteiger partial charge on any atom is -0.353 e. The lowest BCUT2D eigenvalue weighted by Gasteiger charge is -2.35. The molecule has 1 aromatic rings. The Balaban J connectivity index is 0.00000193. The van der Waals surface area contributed by atoms with Crippen molar-refractivity contribution in [3.63, 3.8) is 0 Å². The van der Waals surface area contributed by atoms with Crippen LogP contribution in [-0.4, -0.2) is 78.0 Å². The fraction of sp³-hybridized carbons (Fsp3) is 0.667. The first-order chi connectivity index (χ1) is 14.8. The van der Waals surface area contributed by atoms with E-state index < -0.39 is 21.2 Å². The van der Waals surface area contributed by atoms with Crippen molar-refractivity contribution in [1.29, 1.82) is 0 Å². The topological polar surface area (TPSA) is 86.7 Å². The molecule has 1 aromatic heterocycles. The predicted molar refractivity (Wildman–Crippen MR) is 135 cm³/mol. The SMILES string of the molecule is CC1=C(C)CC2C(C1)C(=O)N(CCCCN1CCN(c3cncc(Cl)n3)CC1)S2(=O)=O.Cl.Cl. The third-order valence-electron chi connectivity index (χ3n) is 6.84. The summed E-state index contributed by atoms with van der Waals surface area (Å²) in [7, 11) is -3.53. The quantitative estimate of drug-likeness (QED) is 0.405. The molecule has 186 valence electrons. The van der Waals surface area contributed by atoms with Crippen molar-refractivity contribution >= 4 is 58.2 Å². The van der Waals surface area contributed by atoms with E-state index in [-0.39, 0.29) is 30.7 Å². The lowest BCUT2D eigenvalue weighted by atomic mass is 9.84. The summed E-state index contributed by atoms with van der Waals surface area (Å²) in [6.45, 7) is 8.69. The molecule has 0 saturated carbocycles. The molecule has 3 heterocycles. The number of fused-ring (bicyclic) bond motifs is 1. The van der Waals surface area contributed by atoms with E-state index in [0.29, 0.717) is 31.0 Å². The average Bonchev–Trinajstić information content (AvgIpc) is 2.92. The highest BCUT2D eigenvalue weighted by Crippen LogP contribution is 2.41. The molecule has 2 unspecified atom stereocenters. The first-order valence-corrected chi connectivity index (χ1v) is 12.8. The first-order valence-electron chi connectivity index (χ1n) is 10.9. The number of aromatic nitrogens is 2. The molecule has 0 N–H and O–H groups in total. The molecule has 0 aromatic carbocycles. The van der Waals surface area contributed by atoms with Gasteiger partial charge in [-0.1, -0.05) is 22.7 Å². The lowest BCUT2D eigenvalue weighted by molar-refractivity contribution is -0.129. The second-order valence-corrected chi connectivity index (χ2v) is 11.3. The molecule has 0 radical (unpaired) electrons. The number of nitrogens with zero attached hydrogens (tertiary/aromatic N) is 5. The minimum absolute atomic E-state index is 0. The van der Waals surface area contributed by atoms with E-state index in [4.69, 9.17) is 11.6 Å². The van der Waals surface area contributed by atoms with E-state index in [2.05, 4.69) is 19.8 Å². The van der Waals surface area contributed by atoms with E-state index in [9.17, 15) is 13.2 Å². The fourth-order valence-corrected chi connectivity index (χ4v) is 7.13. The smallest absolute Gasteiger partial charge is 0.241 e. The highest BCUT2D eigenvalue weighted by Gasteiger charge is 2.53. The van der Waals surface area contributed by atoms with Gasteiger partial charge in [0.05, 0.1) is 23.6 Å². The fourth-order valence-electron chi connectivity index (χ4n) is 4.80. The van der Waals surface area contributed by atoms with Crippen LogP contribution in [0.25, 0.3) is 0 Å². The van der Waals surface area contributed by atoms with E-state index in [0.717, 1.165) is 56.1 Å². The Kier molecular flexibility index (Phi) is 9.82. The maximum atomic E-state index is 12.9. The lowest BCUT2D eigenvalue weighted by Crippen LogP contribution is -2.47. The van der Waals surface area contributed by atoms with Gasteiger partial charge >= 0.3 is 0 Å². The summed E-state index contributed by atoms with van der Waals surface area (Å²) in [6, 6.07) is 0. The van der Waals surface area contributed by atoms with E-state index in [1.807, 2.05) is 13.8 Å². The molecule has 1 amide bonds. The van der Waals surface area contributed by atoms with Crippen LogP contribution in [0.1, 0.15) is 39.5 Å². The number of carbonyl (C=O) groups is 1. The van der Waals surface area contributed by atoms with Crippen LogP contribution in [0.2, 0.25) is 5.15 Å². The number of amides is 1. The third kappa shape index (κ3) is 5.93. The first kappa shape index (κ1) is 28.1. The second kappa shape index (κ2) is 11.5. The van der Waals surface area contributed by atoms with Crippen molar-refractivity contribution in [3.05, 3.63) is 28.7 Å².